The molecule has 0 fully saturated rings. The number of pyridine rings is 1. The third-order valence-corrected chi connectivity index (χ3v) is 3.66. The van der Waals surface area contributed by atoms with E-state index in [1.165, 1.54) is 0 Å². The van der Waals surface area contributed by atoms with E-state index in [1.807, 2.05) is 35.9 Å². The Morgan fingerprint density at radius 3 is 2.91 bits per heavy atom. The van der Waals surface area contributed by atoms with Gasteiger partial charge in [-0.1, -0.05) is 0 Å². The minimum atomic E-state index is 0.0654. The summed E-state index contributed by atoms with van der Waals surface area (Å²) >= 11 is 0. The number of aryl methyl sites for hydroxylation is 1. The monoisotopic (exact) mass is 291 g/mol. The molecule has 0 radical (unpaired) electrons. The molecule has 0 atom stereocenters. The standard InChI is InChI=1S/C16H13N5O/c1-21-15(20-12-3-2-6-19-16(12)21)11-8-9-7-10(17)4-5-13(9)22-14(11)18/h2-8,18H,17H2,1H3. The van der Waals surface area contributed by atoms with Gasteiger partial charge < -0.3 is 14.7 Å². The van der Waals surface area contributed by atoms with Gasteiger partial charge in [-0.15, -0.1) is 0 Å². The maximum atomic E-state index is 8.14. The van der Waals surface area contributed by atoms with Crippen molar-refractivity contribution in [3.05, 3.63) is 48.1 Å². The molecule has 0 bridgehead atoms. The lowest BCUT2D eigenvalue weighted by atomic mass is 10.1. The summed E-state index contributed by atoms with van der Waals surface area (Å²) in [6.45, 7) is 0. The Balaban J connectivity index is 2.05. The van der Waals surface area contributed by atoms with Crippen molar-refractivity contribution in [1.82, 2.24) is 14.5 Å². The molecule has 1 aromatic carbocycles. The highest BCUT2D eigenvalue weighted by atomic mass is 16.3. The summed E-state index contributed by atoms with van der Waals surface area (Å²) in [5, 5.41) is 8.98. The van der Waals surface area contributed by atoms with Crippen LogP contribution >= 0.6 is 0 Å². The number of nitrogen functional groups attached to an aromatic ring is 1. The molecule has 0 unspecified atom stereocenters. The van der Waals surface area contributed by atoms with Gasteiger partial charge in [-0.05, 0) is 36.4 Å². The van der Waals surface area contributed by atoms with E-state index in [-0.39, 0.29) is 5.55 Å². The number of anilines is 1. The number of aromatic nitrogens is 3. The molecule has 3 aromatic heterocycles. The molecule has 108 valence electrons. The lowest BCUT2D eigenvalue weighted by molar-refractivity contribution is 0.535. The maximum Gasteiger partial charge on any atom is 0.223 e. The van der Waals surface area contributed by atoms with Crippen LogP contribution in [0.5, 0.6) is 0 Å². The zero-order valence-corrected chi connectivity index (χ0v) is 11.9. The fraction of sp³-hybridized carbons (Fsp3) is 0.0625. The SMILES string of the molecule is Cn1c(-c2cc3cc(N)ccc3oc2=N)nc2cccnc21. The van der Waals surface area contributed by atoms with Crippen LogP contribution in [0.15, 0.2) is 47.0 Å². The van der Waals surface area contributed by atoms with E-state index in [0.29, 0.717) is 22.7 Å². The van der Waals surface area contributed by atoms with Gasteiger partial charge in [0.05, 0.1) is 5.56 Å². The number of rotatable bonds is 1. The Labute approximate surface area is 125 Å². The van der Waals surface area contributed by atoms with Crippen LogP contribution in [0.1, 0.15) is 0 Å². The molecular weight excluding hydrogens is 278 g/mol. The quantitative estimate of drug-likeness (QED) is 0.527. The lowest BCUT2D eigenvalue weighted by Gasteiger charge is -2.04. The van der Waals surface area contributed by atoms with E-state index in [0.717, 1.165) is 16.6 Å². The first kappa shape index (κ1) is 12.6. The van der Waals surface area contributed by atoms with E-state index in [1.54, 1.807) is 18.3 Å². The first-order chi connectivity index (χ1) is 10.6. The van der Waals surface area contributed by atoms with E-state index in [9.17, 15) is 0 Å². The van der Waals surface area contributed by atoms with Crippen molar-refractivity contribution >= 4 is 27.8 Å². The summed E-state index contributed by atoms with van der Waals surface area (Å²) in [5.41, 5.74) is 9.33. The fourth-order valence-corrected chi connectivity index (χ4v) is 2.59. The molecular formula is C16H13N5O. The average Bonchev–Trinajstić information content (AvgIpc) is 2.84. The van der Waals surface area contributed by atoms with Crippen LogP contribution in [0.4, 0.5) is 5.69 Å². The van der Waals surface area contributed by atoms with Gasteiger partial charge in [0.1, 0.15) is 16.9 Å². The molecule has 22 heavy (non-hydrogen) atoms. The minimum absolute atomic E-state index is 0.0654. The number of hydrogen-bond donors (Lipinski definition) is 2. The van der Waals surface area contributed by atoms with E-state index < -0.39 is 0 Å². The van der Waals surface area contributed by atoms with Crippen LogP contribution < -0.4 is 11.3 Å². The number of imidazole rings is 1. The van der Waals surface area contributed by atoms with Crippen molar-refractivity contribution in [2.24, 2.45) is 7.05 Å². The van der Waals surface area contributed by atoms with Gasteiger partial charge in [0.15, 0.2) is 5.65 Å². The Hall–Kier alpha value is -3.15. The maximum absolute atomic E-state index is 8.14. The molecule has 3 N–H and O–H groups in total. The number of fused-ring (bicyclic) bond motifs is 2. The summed E-state index contributed by atoms with van der Waals surface area (Å²) in [6, 6.07) is 11.0. The van der Waals surface area contributed by atoms with Crippen molar-refractivity contribution in [3.8, 4) is 11.4 Å². The molecule has 0 aliphatic rings. The molecule has 4 rings (SSSR count). The second kappa shape index (κ2) is 4.42. The molecule has 0 saturated heterocycles. The highest BCUT2D eigenvalue weighted by Crippen LogP contribution is 2.24. The van der Waals surface area contributed by atoms with Crippen molar-refractivity contribution in [2.45, 2.75) is 0 Å². The molecule has 6 heteroatoms. The third kappa shape index (κ3) is 1.77. The van der Waals surface area contributed by atoms with Crippen LogP contribution in [0.25, 0.3) is 33.5 Å². The van der Waals surface area contributed by atoms with E-state index in [4.69, 9.17) is 15.6 Å². The second-order valence-electron chi connectivity index (χ2n) is 5.13. The first-order valence-electron chi connectivity index (χ1n) is 6.79. The number of nitrogens with two attached hydrogens (primary N) is 1. The third-order valence-electron chi connectivity index (χ3n) is 3.66. The average molecular weight is 291 g/mol. The Morgan fingerprint density at radius 2 is 2.09 bits per heavy atom. The van der Waals surface area contributed by atoms with Gasteiger partial charge in [0, 0.05) is 24.3 Å². The van der Waals surface area contributed by atoms with Gasteiger partial charge in [0.2, 0.25) is 5.55 Å². The Morgan fingerprint density at radius 1 is 1.23 bits per heavy atom. The second-order valence-corrected chi connectivity index (χ2v) is 5.13. The molecule has 0 amide bonds. The van der Waals surface area contributed by atoms with Crippen LogP contribution in [0.3, 0.4) is 0 Å². The Bertz CT molecular complexity index is 1080. The summed E-state index contributed by atoms with van der Waals surface area (Å²) in [7, 11) is 1.88. The van der Waals surface area contributed by atoms with Crippen LogP contribution in [-0.4, -0.2) is 14.5 Å². The number of benzene rings is 1. The van der Waals surface area contributed by atoms with Crippen molar-refractivity contribution in [2.75, 3.05) is 5.73 Å². The summed E-state index contributed by atoms with van der Waals surface area (Å²) in [6.07, 6.45) is 1.72. The van der Waals surface area contributed by atoms with Gasteiger partial charge in [-0.25, -0.2) is 9.97 Å². The van der Waals surface area contributed by atoms with E-state index >= 15 is 0 Å². The van der Waals surface area contributed by atoms with Crippen molar-refractivity contribution < 1.29 is 4.42 Å². The zero-order chi connectivity index (χ0) is 15.3. The van der Waals surface area contributed by atoms with Gasteiger partial charge in [-0.2, -0.15) is 0 Å². The summed E-state index contributed by atoms with van der Waals surface area (Å²) < 4.78 is 7.45. The highest BCUT2D eigenvalue weighted by molar-refractivity contribution is 5.84. The lowest BCUT2D eigenvalue weighted by Crippen LogP contribution is -2.07. The molecule has 0 aliphatic carbocycles. The topological polar surface area (TPSA) is 93.7 Å². The first-order valence-corrected chi connectivity index (χ1v) is 6.79. The van der Waals surface area contributed by atoms with Crippen LogP contribution in [0.2, 0.25) is 0 Å². The largest absolute Gasteiger partial charge is 0.438 e. The summed E-state index contributed by atoms with van der Waals surface area (Å²) in [4.78, 5) is 8.88. The molecule has 4 aromatic rings. The minimum Gasteiger partial charge on any atom is -0.438 e. The normalized spacial score (nSPS) is 11.3. The van der Waals surface area contributed by atoms with Gasteiger partial charge in [-0.3, -0.25) is 5.41 Å². The smallest absolute Gasteiger partial charge is 0.223 e. The van der Waals surface area contributed by atoms with Crippen molar-refractivity contribution in [3.63, 3.8) is 0 Å². The van der Waals surface area contributed by atoms with E-state index in [2.05, 4.69) is 9.97 Å². The van der Waals surface area contributed by atoms with Gasteiger partial charge >= 0.3 is 0 Å². The fourth-order valence-electron chi connectivity index (χ4n) is 2.59. The Kier molecular flexibility index (Phi) is 2.53. The molecule has 0 aliphatic heterocycles. The number of hydrogen-bond acceptors (Lipinski definition) is 5. The highest BCUT2D eigenvalue weighted by Gasteiger charge is 2.14. The molecule has 3 heterocycles. The van der Waals surface area contributed by atoms with Crippen molar-refractivity contribution in [1.29, 1.82) is 5.41 Å². The number of nitrogens with one attached hydrogen (secondary N) is 1. The molecule has 0 spiro atoms. The van der Waals surface area contributed by atoms with Crippen LogP contribution in [0, 0.1) is 5.41 Å². The predicted octanol–water partition coefficient (Wildman–Crippen LogP) is 2.44. The molecule has 6 nitrogen and oxygen atoms in total. The molecule has 0 saturated carbocycles. The van der Waals surface area contributed by atoms with Gasteiger partial charge in [0.25, 0.3) is 0 Å². The summed E-state index contributed by atoms with van der Waals surface area (Å²) in [5.74, 6) is 0.645. The van der Waals surface area contributed by atoms with Crippen LogP contribution in [-0.2, 0) is 7.05 Å². The predicted molar refractivity (Wildman–Crippen MR) is 84.0 cm³/mol. The number of nitrogens with zero attached hydrogens (tertiary/aromatic N) is 3. The zero-order valence-electron chi connectivity index (χ0n) is 11.9.